The molecule has 0 bridgehead atoms. The molecule has 0 aromatic rings. The Hall–Kier alpha value is -0.900. The molecule has 0 aromatic carbocycles. The van der Waals surface area contributed by atoms with Gasteiger partial charge in [-0.3, -0.25) is 4.79 Å². The summed E-state index contributed by atoms with van der Waals surface area (Å²) in [5.41, 5.74) is 0. The van der Waals surface area contributed by atoms with Crippen LogP contribution in [0.5, 0.6) is 0 Å². The third-order valence-corrected chi connectivity index (χ3v) is 2.57. The summed E-state index contributed by atoms with van der Waals surface area (Å²) in [7, 11) is 2.09. The van der Waals surface area contributed by atoms with E-state index in [9.17, 15) is 9.59 Å². The molecule has 1 aliphatic rings. The fourth-order valence-electron chi connectivity index (χ4n) is 1.64. The molecule has 14 heavy (non-hydrogen) atoms. The summed E-state index contributed by atoms with van der Waals surface area (Å²) in [6, 6.07) is 0.311. The largest absolute Gasteiger partial charge is 0.353 e. The summed E-state index contributed by atoms with van der Waals surface area (Å²) in [5.74, 6) is 0.00616. The van der Waals surface area contributed by atoms with Gasteiger partial charge < -0.3 is 15.0 Å². The fourth-order valence-corrected chi connectivity index (χ4v) is 1.64. The number of aldehydes is 1. The average Bonchev–Trinajstić information content (AvgIpc) is 2.18. The van der Waals surface area contributed by atoms with Crippen LogP contribution in [0.1, 0.15) is 25.7 Å². The van der Waals surface area contributed by atoms with E-state index in [-0.39, 0.29) is 5.91 Å². The van der Waals surface area contributed by atoms with Gasteiger partial charge in [0.2, 0.25) is 5.91 Å². The lowest BCUT2D eigenvalue weighted by atomic mass is 10.1. The summed E-state index contributed by atoms with van der Waals surface area (Å²) in [6.45, 7) is 2.08. The Labute approximate surface area is 84.7 Å². The van der Waals surface area contributed by atoms with Crippen LogP contribution in [-0.2, 0) is 9.59 Å². The summed E-state index contributed by atoms with van der Waals surface area (Å²) in [4.78, 5) is 23.6. The predicted octanol–water partition coefficient (Wildman–Crippen LogP) is 0.176. The van der Waals surface area contributed by atoms with Crippen molar-refractivity contribution in [2.75, 3.05) is 20.1 Å². The van der Waals surface area contributed by atoms with E-state index in [1.807, 2.05) is 0 Å². The topological polar surface area (TPSA) is 49.4 Å². The van der Waals surface area contributed by atoms with Crippen LogP contribution in [0.2, 0.25) is 0 Å². The Morgan fingerprint density at radius 3 is 2.71 bits per heavy atom. The molecule has 0 saturated carbocycles. The van der Waals surface area contributed by atoms with E-state index in [1.165, 1.54) is 0 Å². The molecule has 1 N–H and O–H groups in total. The van der Waals surface area contributed by atoms with Gasteiger partial charge >= 0.3 is 0 Å². The molecular weight excluding hydrogens is 180 g/mol. The van der Waals surface area contributed by atoms with Crippen molar-refractivity contribution in [1.82, 2.24) is 10.2 Å². The number of hydrogen-bond donors (Lipinski definition) is 1. The second-order valence-electron chi connectivity index (χ2n) is 3.85. The number of amides is 1. The molecule has 0 unspecified atom stereocenters. The SMILES string of the molecule is CN1CCC(NC(=O)CCC=O)CC1. The van der Waals surface area contributed by atoms with Gasteiger partial charge in [-0.25, -0.2) is 0 Å². The second-order valence-corrected chi connectivity index (χ2v) is 3.85. The first-order valence-corrected chi connectivity index (χ1v) is 5.14. The van der Waals surface area contributed by atoms with Crippen molar-refractivity contribution < 1.29 is 9.59 Å². The van der Waals surface area contributed by atoms with Gasteiger partial charge in [0, 0.05) is 18.9 Å². The number of piperidine rings is 1. The van der Waals surface area contributed by atoms with E-state index in [2.05, 4.69) is 17.3 Å². The molecule has 0 atom stereocenters. The molecule has 1 fully saturated rings. The van der Waals surface area contributed by atoms with Crippen molar-refractivity contribution in [1.29, 1.82) is 0 Å². The Kier molecular flexibility index (Phi) is 4.59. The van der Waals surface area contributed by atoms with E-state index in [4.69, 9.17) is 0 Å². The maximum atomic E-state index is 11.3. The lowest BCUT2D eigenvalue weighted by Gasteiger charge is -2.29. The highest BCUT2D eigenvalue weighted by Gasteiger charge is 2.17. The van der Waals surface area contributed by atoms with E-state index in [0.717, 1.165) is 32.2 Å². The highest BCUT2D eigenvalue weighted by atomic mass is 16.1. The van der Waals surface area contributed by atoms with Crippen molar-refractivity contribution in [2.24, 2.45) is 0 Å². The molecule has 1 rings (SSSR count). The second kappa shape index (κ2) is 5.75. The van der Waals surface area contributed by atoms with Gasteiger partial charge in [-0.1, -0.05) is 0 Å². The maximum Gasteiger partial charge on any atom is 0.220 e. The minimum absolute atomic E-state index is 0.00616. The van der Waals surface area contributed by atoms with Crippen molar-refractivity contribution in [3.63, 3.8) is 0 Å². The first-order valence-electron chi connectivity index (χ1n) is 5.14. The van der Waals surface area contributed by atoms with Gasteiger partial charge in [0.05, 0.1) is 0 Å². The number of carbonyl (C=O) groups is 2. The standard InChI is InChI=1S/C10H18N2O2/c1-12-6-4-9(5-7-12)11-10(14)3-2-8-13/h8-9H,2-7H2,1H3,(H,11,14). The maximum absolute atomic E-state index is 11.3. The predicted molar refractivity (Wildman–Crippen MR) is 54.0 cm³/mol. The molecule has 4 nitrogen and oxygen atoms in total. The fraction of sp³-hybridized carbons (Fsp3) is 0.800. The van der Waals surface area contributed by atoms with Crippen LogP contribution in [0, 0.1) is 0 Å². The number of nitrogens with one attached hydrogen (secondary N) is 1. The third kappa shape index (κ3) is 3.87. The quantitative estimate of drug-likeness (QED) is 0.655. The smallest absolute Gasteiger partial charge is 0.220 e. The summed E-state index contributed by atoms with van der Waals surface area (Å²) >= 11 is 0. The van der Waals surface area contributed by atoms with Gasteiger partial charge in [0.1, 0.15) is 6.29 Å². The van der Waals surface area contributed by atoms with Crippen molar-refractivity contribution in [2.45, 2.75) is 31.7 Å². The Morgan fingerprint density at radius 2 is 2.14 bits per heavy atom. The van der Waals surface area contributed by atoms with Gasteiger partial charge in [0.15, 0.2) is 0 Å². The molecule has 4 heteroatoms. The third-order valence-electron chi connectivity index (χ3n) is 2.57. The molecule has 80 valence electrons. The summed E-state index contributed by atoms with van der Waals surface area (Å²) in [6.07, 6.45) is 3.48. The zero-order valence-corrected chi connectivity index (χ0v) is 8.66. The minimum Gasteiger partial charge on any atom is -0.353 e. The van der Waals surface area contributed by atoms with Crippen LogP contribution >= 0.6 is 0 Å². The van der Waals surface area contributed by atoms with Crippen LogP contribution in [0.15, 0.2) is 0 Å². The molecule has 0 aliphatic carbocycles. The highest BCUT2D eigenvalue weighted by Crippen LogP contribution is 2.08. The average molecular weight is 198 g/mol. The molecule has 1 amide bonds. The zero-order chi connectivity index (χ0) is 10.4. The number of likely N-dealkylation sites (tertiary alicyclic amines) is 1. The van der Waals surface area contributed by atoms with E-state index < -0.39 is 0 Å². The lowest BCUT2D eigenvalue weighted by molar-refractivity contribution is -0.123. The minimum atomic E-state index is 0.00616. The molecule has 0 aromatic heterocycles. The molecule has 1 heterocycles. The van der Waals surface area contributed by atoms with Gasteiger partial charge in [-0.2, -0.15) is 0 Å². The normalized spacial score (nSPS) is 19.2. The van der Waals surface area contributed by atoms with Gasteiger partial charge in [-0.15, -0.1) is 0 Å². The molecule has 1 saturated heterocycles. The monoisotopic (exact) mass is 198 g/mol. The van der Waals surface area contributed by atoms with Crippen molar-refractivity contribution in [3.05, 3.63) is 0 Å². The summed E-state index contributed by atoms with van der Waals surface area (Å²) in [5, 5.41) is 2.95. The number of rotatable bonds is 4. The Balaban J connectivity index is 2.17. The number of hydrogen-bond acceptors (Lipinski definition) is 3. The molecule has 0 spiro atoms. The Bertz CT molecular complexity index is 198. The van der Waals surface area contributed by atoms with Gasteiger partial charge in [-0.05, 0) is 33.0 Å². The van der Waals surface area contributed by atoms with Crippen LogP contribution in [0.3, 0.4) is 0 Å². The Morgan fingerprint density at radius 1 is 1.50 bits per heavy atom. The van der Waals surface area contributed by atoms with E-state index in [0.29, 0.717) is 18.9 Å². The van der Waals surface area contributed by atoms with E-state index in [1.54, 1.807) is 0 Å². The zero-order valence-electron chi connectivity index (χ0n) is 8.66. The van der Waals surface area contributed by atoms with Crippen LogP contribution in [-0.4, -0.2) is 43.3 Å². The first kappa shape index (κ1) is 11.2. The highest BCUT2D eigenvalue weighted by molar-refractivity contribution is 5.78. The lowest BCUT2D eigenvalue weighted by Crippen LogP contribution is -2.43. The molecule has 0 radical (unpaired) electrons. The number of carbonyl (C=O) groups excluding carboxylic acids is 2. The van der Waals surface area contributed by atoms with Gasteiger partial charge in [0.25, 0.3) is 0 Å². The molecular formula is C10H18N2O2. The van der Waals surface area contributed by atoms with Crippen LogP contribution in [0.4, 0.5) is 0 Å². The van der Waals surface area contributed by atoms with Crippen molar-refractivity contribution >= 4 is 12.2 Å². The first-order chi connectivity index (χ1) is 6.72. The van der Waals surface area contributed by atoms with Crippen LogP contribution in [0.25, 0.3) is 0 Å². The van der Waals surface area contributed by atoms with E-state index >= 15 is 0 Å². The van der Waals surface area contributed by atoms with Crippen LogP contribution < -0.4 is 5.32 Å². The van der Waals surface area contributed by atoms with Crippen molar-refractivity contribution in [3.8, 4) is 0 Å². The number of nitrogens with zero attached hydrogens (tertiary/aromatic N) is 1. The summed E-state index contributed by atoms with van der Waals surface area (Å²) < 4.78 is 0. The molecule has 1 aliphatic heterocycles.